The monoisotopic (exact) mass is 288 g/mol. The molecule has 1 heterocycles. The van der Waals surface area contributed by atoms with Crippen molar-refractivity contribution in [3.63, 3.8) is 0 Å². The van der Waals surface area contributed by atoms with Crippen LogP contribution in [0, 0.1) is 13.8 Å². The van der Waals surface area contributed by atoms with Crippen LogP contribution in [0.3, 0.4) is 0 Å². The first kappa shape index (κ1) is 12.6. The van der Waals surface area contributed by atoms with Crippen molar-refractivity contribution in [3.8, 4) is 11.1 Å². The van der Waals surface area contributed by atoms with Crippen LogP contribution in [-0.2, 0) is 0 Å². The number of aryl methyl sites for hydroxylation is 2. The molecule has 0 amide bonds. The van der Waals surface area contributed by atoms with Crippen molar-refractivity contribution in [1.29, 1.82) is 0 Å². The van der Waals surface area contributed by atoms with Crippen molar-refractivity contribution in [1.82, 2.24) is 0 Å². The van der Waals surface area contributed by atoms with E-state index in [2.05, 4.69) is 74.5 Å². The summed E-state index contributed by atoms with van der Waals surface area (Å²) >= 11 is 1.87. The van der Waals surface area contributed by atoms with E-state index in [4.69, 9.17) is 0 Å². The highest BCUT2D eigenvalue weighted by Crippen LogP contribution is 2.36. The average Bonchev–Trinajstić information content (AvgIpc) is 2.84. The summed E-state index contributed by atoms with van der Waals surface area (Å²) in [4.78, 5) is 0. The summed E-state index contributed by atoms with van der Waals surface area (Å²) in [7, 11) is 0. The van der Waals surface area contributed by atoms with Crippen LogP contribution >= 0.6 is 11.3 Å². The SMILES string of the molecule is Cc1cc(C)cc(-c2ccc3sc4ccccc4c3c2)c1. The zero-order valence-corrected chi connectivity index (χ0v) is 13.0. The van der Waals surface area contributed by atoms with Gasteiger partial charge < -0.3 is 0 Å². The van der Waals surface area contributed by atoms with Crippen LogP contribution in [0.1, 0.15) is 11.1 Å². The minimum atomic E-state index is 1.30. The van der Waals surface area contributed by atoms with Crippen molar-refractivity contribution in [2.75, 3.05) is 0 Å². The molecule has 0 unspecified atom stereocenters. The lowest BCUT2D eigenvalue weighted by Crippen LogP contribution is -1.82. The maximum atomic E-state index is 2.34. The van der Waals surface area contributed by atoms with E-state index in [9.17, 15) is 0 Å². The van der Waals surface area contributed by atoms with Crippen molar-refractivity contribution < 1.29 is 0 Å². The number of hydrogen-bond donors (Lipinski definition) is 0. The molecule has 21 heavy (non-hydrogen) atoms. The zero-order valence-electron chi connectivity index (χ0n) is 12.2. The van der Waals surface area contributed by atoms with Crippen molar-refractivity contribution >= 4 is 31.5 Å². The second-order valence-corrected chi connectivity index (χ2v) is 6.77. The number of benzene rings is 3. The molecule has 1 heteroatoms. The lowest BCUT2D eigenvalue weighted by Gasteiger charge is -2.06. The lowest BCUT2D eigenvalue weighted by molar-refractivity contribution is 1.38. The molecule has 102 valence electrons. The summed E-state index contributed by atoms with van der Waals surface area (Å²) in [5, 5.41) is 2.73. The topological polar surface area (TPSA) is 0 Å². The smallest absolute Gasteiger partial charge is 0.0355 e. The molecule has 0 atom stereocenters. The van der Waals surface area contributed by atoms with Gasteiger partial charge in [0.05, 0.1) is 0 Å². The Morgan fingerprint density at radius 2 is 1.33 bits per heavy atom. The third kappa shape index (κ3) is 2.14. The first-order chi connectivity index (χ1) is 10.2. The number of rotatable bonds is 1. The van der Waals surface area contributed by atoms with E-state index in [1.54, 1.807) is 0 Å². The van der Waals surface area contributed by atoms with E-state index in [0.29, 0.717) is 0 Å². The second-order valence-electron chi connectivity index (χ2n) is 5.69. The molecular weight excluding hydrogens is 272 g/mol. The van der Waals surface area contributed by atoms with Gasteiger partial charge in [-0.15, -0.1) is 11.3 Å². The summed E-state index contributed by atoms with van der Waals surface area (Å²) < 4.78 is 2.73. The Bertz CT molecular complexity index is 940. The Labute approximate surface area is 128 Å². The van der Waals surface area contributed by atoms with Crippen molar-refractivity contribution in [3.05, 3.63) is 71.8 Å². The van der Waals surface area contributed by atoms with Gasteiger partial charge in [-0.1, -0.05) is 53.6 Å². The van der Waals surface area contributed by atoms with Crippen molar-refractivity contribution in [2.45, 2.75) is 13.8 Å². The second kappa shape index (κ2) is 4.71. The summed E-state index contributed by atoms with van der Waals surface area (Å²) in [6.45, 7) is 4.32. The maximum Gasteiger partial charge on any atom is 0.0355 e. The first-order valence-corrected chi connectivity index (χ1v) is 8.02. The quantitative estimate of drug-likeness (QED) is 0.383. The predicted molar refractivity (Wildman–Crippen MR) is 94.2 cm³/mol. The molecule has 0 aliphatic carbocycles. The van der Waals surface area contributed by atoms with Gasteiger partial charge in [0.25, 0.3) is 0 Å². The van der Waals surface area contributed by atoms with Gasteiger partial charge >= 0.3 is 0 Å². The standard InChI is InChI=1S/C20H16S/c1-13-9-14(2)11-16(10-13)15-7-8-20-18(12-15)17-5-3-4-6-19(17)21-20/h3-12H,1-2H3. The fraction of sp³-hybridized carbons (Fsp3) is 0.100. The van der Waals surface area contributed by atoms with E-state index < -0.39 is 0 Å². The minimum Gasteiger partial charge on any atom is -0.135 e. The Hall–Kier alpha value is -2.12. The molecule has 0 fully saturated rings. The Morgan fingerprint density at radius 1 is 0.619 bits per heavy atom. The molecule has 0 aliphatic rings. The van der Waals surface area contributed by atoms with Crippen LogP contribution in [0.4, 0.5) is 0 Å². The predicted octanol–water partition coefficient (Wildman–Crippen LogP) is 6.34. The molecule has 0 nitrogen and oxygen atoms in total. The van der Waals surface area contributed by atoms with Gasteiger partial charge in [-0.3, -0.25) is 0 Å². The molecule has 0 bridgehead atoms. The Kier molecular flexibility index (Phi) is 2.83. The molecule has 0 spiro atoms. The normalized spacial score (nSPS) is 11.3. The first-order valence-electron chi connectivity index (χ1n) is 7.21. The average molecular weight is 288 g/mol. The van der Waals surface area contributed by atoms with E-state index in [1.165, 1.54) is 42.4 Å². The fourth-order valence-corrected chi connectivity index (χ4v) is 4.13. The molecule has 0 radical (unpaired) electrons. The van der Waals surface area contributed by atoms with Crippen LogP contribution in [-0.4, -0.2) is 0 Å². The van der Waals surface area contributed by atoms with E-state index in [1.807, 2.05) is 11.3 Å². The van der Waals surface area contributed by atoms with Crippen LogP contribution in [0.2, 0.25) is 0 Å². The van der Waals surface area contributed by atoms with Crippen LogP contribution in [0.15, 0.2) is 60.7 Å². The highest BCUT2D eigenvalue weighted by Gasteiger charge is 2.07. The summed E-state index contributed by atoms with van der Waals surface area (Å²) in [6.07, 6.45) is 0. The van der Waals surface area contributed by atoms with E-state index in [-0.39, 0.29) is 0 Å². The van der Waals surface area contributed by atoms with Gasteiger partial charge in [0, 0.05) is 20.2 Å². The minimum absolute atomic E-state index is 1.30. The molecule has 1 aromatic heterocycles. The number of fused-ring (bicyclic) bond motifs is 3. The van der Waals surface area contributed by atoms with Crippen LogP contribution in [0.25, 0.3) is 31.3 Å². The highest BCUT2D eigenvalue weighted by atomic mass is 32.1. The summed E-state index contributed by atoms with van der Waals surface area (Å²) in [5.74, 6) is 0. The largest absolute Gasteiger partial charge is 0.135 e. The van der Waals surface area contributed by atoms with Crippen LogP contribution < -0.4 is 0 Å². The van der Waals surface area contributed by atoms with E-state index in [0.717, 1.165) is 0 Å². The molecule has 0 N–H and O–H groups in total. The van der Waals surface area contributed by atoms with Gasteiger partial charge in [-0.05, 0) is 43.2 Å². The molecule has 4 aromatic rings. The van der Waals surface area contributed by atoms with Crippen LogP contribution in [0.5, 0.6) is 0 Å². The third-order valence-electron chi connectivity index (χ3n) is 3.93. The van der Waals surface area contributed by atoms with Crippen molar-refractivity contribution in [2.24, 2.45) is 0 Å². The van der Waals surface area contributed by atoms with Gasteiger partial charge in [0.15, 0.2) is 0 Å². The van der Waals surface area contributed by atoms with Gasteiger partial charge in [0.1, 0.15) is 0 Å². The lowest BCUT2D eigenvalue weighted by atomic mass is 9.99. The summed E-state index contributed by atoms with van der Waals surface area (Å²) in [6, 6.07) is 22.3. The number of thiophene rings is 1. The van der Waals surface area contributed by atoms with Gasteiger partial charge in [-0.25, -0.2) is 0 Å². The third-order valence-corrected chi connectivity index (χ3v) is 5.08. The molecule has 0 saturated heterocycles. The highest BCUT2D eigenvalue weighted by molar-refractivity contribution is 7.25. The van der Waals surface area contributed by atoms with E-state index >= 15 is 0 Å². The van der Waals surface area contributed by atoms with Gasteiger partial charge in [-0.2, -0.15) is 0 Å². The Morgan fingerprint density at radius 3 is 2.14 bits per heavy atom. The fourth-order valence-electron chi connectivity index (χ4n) is 3.05. The number of hydrogen-bond acceptors (Lipinski definition) is 1. The molecule has 4 rings (SSSR count). The Balaban J connectivity index is 1.99. The van der Waals surface area contributed by atoms with Gasteiger partial charge in [0.2, 0.25) is 0 Å². The maximum absolute atomic E-state index is 2.34. The summed E-state index contributed by atoms with van der Waals surface area (Å²) in [5.41, 5.74) is 5.25. The molecular formula is C20H16S. The zero-order chi connectivity index (χ0) is 14.4. The molecule has 3 aromatic carbocycles. The molecule has 0 aliphatic heterocycles. The molecule has 0 saturated carbocycles.